The first kappa shape index (κ1) is 14.9. The molecule has 2 rings (SSSR count). The molecule has 0 saturated heterocycles. The standard InChI is InChI=1S/C11H4Cl2F4O3/c12-5-2-6(13)8-3(7(5)14)1-4(10(18)19)9(20-8)11(15,16)17/h1-2,9H,(H,18,19)/p-1. The first-order valence-electron chi connectivity index (χ1n) is 4.96. The molecule has 108 valence electrons. The molecule has 1 aliphatic rings. The molecule has 0 spiro atoms. The van der Waals surface area contributed by atoms with Crippen LogP contribution in [0.15, 0.2) is 11.6 Å². The van der Waals surface area contributed by atoms with Crippen molar-refractivity contribution in [3.63, 3.8) is 0 Å². The zero-order valence-corrected chi connectivity index (χ0v) is 10.7. The number of ether oxygens (including phenoxy) is 1. The Bertz CT molecular complexity index is 625. The van der Waals surface area contributed by atoms with Crippen LogP contribution in [0.25, 0.3) is 6.08 Å². The summed E-state index contributed by atoms with van der Waals surface area (Å²) in [7, 11) is 0. The first-order valence-corrected chi connectivity index (χ1v) is 5.72. The molecule has 9 heteroatoms. The lowest BCUT2D eigenvalue weighted by Gasteiger charge is -2.30. The molecule has 0 fully saturated rings. The van der Waals surface area contributed by atoms with Crippen molar-refractivity contribution in [2.45, 2.75) is 12.3 Å². The number of alkyl halides is 3. The molecule has 0 aromatic heterocycles. The van der Waals surface area contributed by atoms with Crippen molar-refractivity contribution in [3.8, 4) is 5.75 Å². The third-order valence-corrected chi connectivity index (χ3v) is 3.07. The van der Waals surface area contributed by atoms with Gasteiger partial charge in [0.2, 0.25) is 6.10 Å². The van der Waals surface area contributed by atoms with Crippen molar-refractivity contribution in [3.05, 3.63) is 33.1 Å². The molecule has 20 heavy (non-hydrogen) atoms. The number of carbonyl (C=O) groups excluding carboxylic acids is 1. The Morgan fingerprint density at radius 2 is 1.90 bits per heavy atom. The van der Waals surface area contributed by atoms with Crippen LogP contribution in [0.5, 0.6) is 5.75 Å². The van der Waals surface area contributed by atoms with E-state index in [0.29, 0.717) is 6.08 Å². The number of carboxylic acids is 1. The van der Waals surface area contributed by atoms with Gasteiger partial charge in [-0.05, 0) is 12.1 Å². The molecule has 0 N–H and O–H groups in total. The molecule has 0 radical (unpaired) electrons. The largest absolute Gasteiger partial charge is 0.545 e. The van der Waals surface area contributed by atoms with E-state index < -0.39 is 46.0 Å². The van der Waals surface area contributed by atoms with E-state index >= 15 is 0 Å². The number of rotatable bonds is 1. The Balaban J connectivity index is 2.69. The van der Waals surface area contributed by atoms with E-state index in [4.69, 9.17) is 23.2 Å². The molecular formula is C11H3Cl2F4O3-. The fourth-order valence-electron chi connectivity index (χ4n) is 1.67. The molecule has 0 amide bonds. The lowest BCUT2D eigenvalue weighted by atomic mass is 10.0. The summed E-state index contributed by atoms with van der Waals surface area (Å²) in [6.07, 6.45) is -7.36. The second kappa shape index (κ2) is 4.82. The van der Waals surface area contributed by atoms with Gasteiger partial charge in [0.15, 0.2) is 5.82 Å². The number of carboxylic acid groups (broad SMARTS) is 1. The highest BCUT2D eigenvalue weighted by Crippen LogP contribution is 2.43. The van der Waals surface area contributed by atoms with Gasteiger partial charge in [-0.1, -0.05) is 23.2 Å². The van der Waals surface area contributed by atoms with E-state index in [-0.39, 0.29) is 5.02 Å². The molecule has 3 nitrogen and oxygen atoms in total. The molecule has 1 aliphatic heterocycles. The molecule has 1 unspecified atom stereocenters. The zero-order valence-electron chi connectivity index (χ0n) is 9.22. The van der Waals surface area contributed by atoms with Gasteiger partial charge in [0, 0.05) is 5.57 Å². The molecule has 1 atom stereocenters. The summed E-state index contributed by atoms with van der Waals surface area (Å²) in [6, 6.07) is 0.864. The Hall–Kier alpha value is -1.47. The van der Waals surface area contributed by atoms with Gasteiger partial charge in [-0.15, -0.1) is 0 Å². The highest BCUT2D eigenvalue weighted by molar-refractivity contribution is 6.36. The van der Waals surface area contributed by atoms with Crippen LogP contribution >= 0.6 is 23.2 Å². The van der Waals surface area contributed by atoms with E-state index in [0.717, 1.165) is 6.07 Å². The number of hydrogen-bond donors (Lipinski definition) is 0. The molecule has 0 saturated carbocycles. The molecular weight excluding hydrogens is 327 g/mol. The number of carbonyl (C=O) groups is 1. The lowest BCUT2D eigenvalue weighted by molar-refractivity contribution is -0.302. The zero-order chi connectivity index (χ0) is 15.2. The van der Waals surface area contributed by atoms with Crippen LogP contribution in [0.1, 0.15) is 5.56 Å². The van der Waals surface area contributed by atoms with Crippen LogP contribution in [-0.2, 0) is 4.79 Å². The summed E-state index contributed by atoms with van der Waals surface area (Å²) in [5, 5.41) is 9.91. The van der Waals surface area contributed by atoms with Crippen LogP contribution < -0.4 is 9.84 Å². The average molecular weight is 330 g/mol. The maximum atomic E-state index is 13.7. The Labute approximate surface area is 119 Å². The average Bonchev–Trinajstić information content (AvgIpc) is 2.33. The van der Waals surface area contributed by atoms with E-state index in [1.807, 2.05) is 0 Å². The number of benzene rings is 1. The maximum absolute atomic E-state index is 13.7. The SMILES string of the molecule is O=C([O-])C1=Cc2c(F)c(Cl)cc(Cl)c2OC1C(F)(F)F. The second-order valence-electron chi connectivity index (χ2n) is 3.82. The van der Waals surface area contributed by atoms with Gasteiger partial charge in [-0.2, -0.15) is 13.2 Å². The van der Waals surface area contributed by atoms with Gasteiger partial charge < -0.3 is 14.6 Å². The maximum Gasteiger partial charge on any atom is 0.429 e. The van der Waals surface area contributed by atoms with Gasteiger partial charge in [0.1, 0.15) is 5.75 Å². The highest BCUT2D eigenvalue weighted by atomic mass is 35.5. The lowest BCUT2D eigenvalue weighted by Crippen LogP contribution is -2.44. The van der Waals surface area contributed by atoms with Crippen molar-refractivity contribution >= 4 is 35.2 Å². The second-order valence-corrected chi connectivity index (χ2v) is 4.64. The summed E-state index contributed by atoms with van der Waals surface area (Å²) >= 11 is 11.1. The van der Waals surface area contributed by atoms with E-state index in [9.17, 15) is 27.5 Å². The fourth-order valence-corrected chi connectivity index (χ4v) is 2.19. The Kier molecular flexibility index (Phi) is 3.60. The number of fused-ring (bicyclic) bond motifs is 1. The van der Waals surface area contributed by atoms with E-state index in [1.54, 1.807) is 0 Å². The highest BCUT2D eigenvalue weighted by Gasteiger charge is 2.47. The summed E-state index contributed by atoms with van der Waals surface area (Å²) < 4.78 is 56.4. The van der Waals surface area contributed by atoms with Crippen molar-refractivity contribution in [1.82, 2.24) is 0 Å². The van der Waals surface area contributed by atoms with Crippen molar-refractivity contribution in [1.29, 1.82) is 0 Å². The Morgan fingerprint density at radius 3 is 2.40 bits per heavy atom. The van der Waals surface area contributed by atoms with Gasteiger partial charge >= 0.3 is 6.18 Å². The minimum Gasteiger partial charge on any atom is -0.545 e. The molecule has 0 bridgehead atoms. The van der Waals surface area contributed by atoms with Crippen LogP contribution in [0.4, 0.5) is 17.6 Å². The fraction of sp³-hybridized carbons (Fsp3) is 0.182. The van der Waals surface area contributed by atoms with Crippen LogP contribution in [0, 0.1) is 5.82 Å². The third kappa shape index (κ3) is 2.43. The number of hydrogen-bond acceptors (Lipinski definition) is 3. The summed E-state index contributed by atoms with van der Waals surface area (Å²) in [6.45, 7) is 0. The molecule has 1 aromatic rings. The summed E-state index contributed by atoms with van der Waals surface area (Å²) in [5.74, 6) is -3.89. The Morgan fingerprint density at radius 1 is 1.30 bits per heavy atom. The van der Waals surface area contributed by atoms with Gasteiger partial charge in [0.05, 0.1) is 21.6 Å². The van der Waals surface area contributed by atoms with Crippen molar-refractivity contribution in [2.24, 2.45) is 0 Å². The normalized spacial score (nSPS) is 18.1. The minimum atomic E-state index is -5.02. The molecule has 0 aliphatic carbocycles. The topological polar surface area (TPSA) is 49.4 Å². The molecule has 1 aromatic carbocycles. The van der Waals surface area contributed by atoms with Crippen molar-refractivity contribution < 1.29 is 32.2 Å². The van der Waals surface area contributed by atoms with Gasteiger partial charge in [-0.3, -0.25) is 0 Å². The predicted molar refractivity (Wildman–Crippen MR) is 59.9 cm³/mol. The van der Waals surface area contributed by atoms with Gasteiger partial charge in [-0.25, -0.2) is 4.39 Å². The quantitative estimate of drug-likeness (QED) is 0.587. The van der Waals surface area contributed by atoms with Gasteiger partial charge in [0.25, 0.3) is 0 Å². The minimum absolute atomic E-state index is 0.366. The van der Waals surface area contributed by atoms with Crippen LogP contribution in [-0.4, -0.2) is 18.2 Å². The first-order chi connectivity index (χ1) is 9.12. The molecule has 1 heterocycles. The van der Waals surface area contributed by atoms with E-state index in [1.165, 1.54) is 0 Å². The van der Waals surface area contributed by atoms with Crippen LogP contribution in [0.2, 0.25) is 10.0 Å². The number of aliphatic carboxylic acids is 1. The smallest absolute Gasteiger partial charge is 0.429 e. The number of halogens is 6. The van der Waals surface area contributed by atoms with Crippen LogP contribution in [0.3, 0.4) is 0 Å². The summed E-state index contributed by atoms with van der Waals surface area (Å²) in [4.78, 5) is 10.8. The third-order valence-electron chi connectivity index (χ3n) is 2.51. The monoisotopic (exact) mass is 329 g/mol. The predicted octanol–water partition coefficient (Wildman–Crippen LogP) is 2.59. The van der Waals surface area contributed by atoms with Crippen molar-refractivity contribution in [2.75, 3.05) is 0 Å². The summed E-state index contributed by atoms with van der Waals surface area (Å²) in [5.41, 5.74) is -1.83. The van der Waals surface area contributed by atoms with E-state index in [2.05, 4.69) is 4.74 Å².